The first-order valence-electron chi connectivity index (χ1n) is 6.10. The fraction of sp³-hybridized carbons (Fsp3) is 0.462. The summed E-state index contributed by atoms with van der Waals surface area (Å²) >= 11 is 0. The van der Waals surface area contributed by atoms with E-state index in [4.69, 9.17) is 9.84 Å². The maximum Gasteiger partial charge on any atom is 0.416 e. The van der Waals surface area contributed by atoms with Crippen molar-refractivity contribution in [2.24, 2.45) is 0 Å². The Kier molecular flexibility index (Phi) is 5.82. The first kappa shape index (κ1) is 16.3. The van der Waals surface area contributed by atoms with Gasteiger partial charge in [-0.25, -0.2) is 0 Å². The van der Waals surface area contributed by atoms with Crippen LogP contribution in [0.3, 0.4) is 0 Å². The summed E-state index contributed by atoms with van der Waals surface area (Å²) in [6, 6.07) is 6.01. The van der Waals surface area contributed by atoms with Crippen molar-refractivity contribution in [3.63, 3.8) is 0 Å². The first-order valence-corrected chi connectivity index (χ1v) is 6.10. The number of hydrogen-bond donors (Lipinski definition) is 2. The number of benzene rings is 1. The molecule has 0 aliphatic carbocycles. The Morgan fingerprint density at radius 1 is 1.35 bits per heavy atom. The van der Waals surface area contributed by atoms with E-state index in [-0.39, 0.29) is 5.56 Å². The number of halogens is 3. The summed E-state index contributed by atoms with van der Waals surface area (Å²) in [6.07, 6.45) is -6.47. The predicted octanol–water partition coefficient (Wildman–Crippen LogP) is 2.13. The highest BCUT2D eigenvalue weighted by Gasteiger charge is 2.38. The number of aliphatic hydroxyl groups is 1. The van der Waals surface area contributed by atoms with Gasteiger partial charge in [-0.1, -0.05) is 6.92 Å². The number of carbonyl (C=O) groups excluding carboxylic acids is 1. The average Bonchev–Trinajstić information content (AvgIpc) is 2.41. The Hall–Kier alpha value is -1.76. The third-order valence-corrected chi connectivity index (χ3v) is 2.42. The lowest BCUT2D eigenvalue weighted by Gasteiger charge is -2.15. The number of carbonyl (C=O) groups is 1. The highest BCUT2D eigenvalue weighted by atomic mass is 19.4. The summed E-state index contributed by atoms with van der Waals surface area (Å²) in [5.41, 5.74) is 0.197. The van der Waals surface area contributed by atoms with E-state index in [0.29, 0.717) is 12.4 Å². The lowest BCUT2D eigenvalue weighted by Crippen LogP contribution is -2.40. The molecule has 1 unspecified atom stereocenters. The van der Waals surface area contributed by atoms with Crippen molar-refractivity contribution >= 4 is 5.91 Å². The summed E-state index contributed by atoms with van der Waals surface area (Å²) in [5, 5.41) is 10.8. The molecule has 1 rings (SSSR count). The molecule has 1 aromatic carbocycles. The van der Waals surface area contributed by atoms with Crippen LogP contribution in [-0.2, 0) is 0 Å². The molecule has 112 valence electrons. The van der Waals surface area contributed by atoms with Crippen molar-refractivity contribution in [2.75, 3.05) is 13.2 Å². The van der Waals surface area contributed by atoms with Crippen molar-refractivity contribution in [1.29, 1.82) is 0 Å². The molecule has 0 aliphatic rings. The van der Waals surface area contributed by atoms with Crippen molar-refractivity contribution in [2.45, 2.75) is 25.6 Å². The van der Waals surface area contributed by atoms with E-state index >= 15 is 0 Å². The topological polar surface area (TPSA) is 58.6 Å². The fourth-order valence-corrected chi connectivity index (χ4v) is 1.33. The molecule has 4 nitrogen and oxygen atoms in total. The molecule has 20 heavy (non-hydrogen) atoms. The SMILES string of the molecule is CCCOc1ccc(C(=O)NCC(O)C(F)(F)F)cc1. The third kappa shape index (κ3) is 5.08. The normalized spacial score (nSPS) is 12.8. The van der Waals surface area contributed by atoms with Crippen molar-refractivity contribution in [3.8, 4) is 5.75 Å². The number of alkyl halides is 3. The van der Waals surface area contributed by atoms with Gasteiger partial charge >= 0.3 is 6.18 Å². The maximum absolute atomic E-state index is 12.1. The van der Waals surface area contributed by atoms with Crippen molar-refractivity contribution < 1.29 is 27.8 Å². The Balaban J connectivity index is 2.51. The van der Waals surface area contributed by atoms with Gasteiger partial charge in [-0.3, -0.25) is 4.79 Å². The van der Waals surface area contributed by atoms with E-state index in [1.165, 1.54) is 12.1 Å². The maximum atomic E-state index is 12.1. The molecule has 0 saturated carbocycles. The predicted molar refractivity (Wildman–Crippen MR) is 66.6 cm³/mol. The highest BCUT2D eigenvalue weighted by molar-refractivity contribution is 5.94. The van der Waals surface area contributed by atoms with Crippen molar-refractivity contribution in [3.05, 3.63) is 29.8 Å². The van der Waals surface area contributed by atoms with Crippen LogP contribution in [0.5, 0.6) is 5.75 Å². The van der Waals surface area contributed by atoms with Gasteiger partial charge < -0.3 is 15.2 Å². The number of aliphatic hydroxyl groups excluding tert-OH is 1. The van der Waals surface area contributed by atoms with Crippen LogP contribution in [0, 0.1) is 0 Å². The van der Waals surface area contributed by atoms with E-state index in [0.717, 1.165) is 6.42 Å². The van der Waals surface area contributed by atoms with Crippen molar-refractivity contribution in [1.82, 2.24) is 5.32 Å². The van der Waals surface area contributed by atoms with Crippen LogP contribution >= 0.6 is 0 Å². The smallest absolute Gasteiger partial charge is 0.416 e. The molecule has 0 saturated heterocycles. The van der Waals surface area contributed by atoms with E-state index in [1.54, 1.807) is 12.1 Å². The summed E-state index contributed by atoms with van der Waals surface area (Å²) in [4.78, 5) is 11.6. The molecule has 0 bridgehead atoms. The van der Waals surface area contributed by atoms with Gasteiger partial charge in [0, 0.05) is 5.56 Å². The quantitative estimate of drug-likeness (QED) is 0.844. The largest absolute Gasteiger partial charge is 0.494 e. The summed E-state index contributed by atoms with van der Waals surface area (Å²) in [5.74, 6) is -0.103. The standard InChI is InChI=1S/C13H16F3NO3/c1-2-7-20-10-5-3-9(4-6-10)12(19)17-8-11(18)13(14,15)16/h3-6,11,18H,2,7-8H2,1H3,(H,17,19). The summed E-state index contributed by atoms with van der Waals surface area (Å²) in [6.45, 7) is 1.62. The zero-order valence-corrected chi connectivity index (χ0v) is 10.9. The van der Waals surface area contributed by atoms with Gasteiger partial charge in [-0.2, -0.15) is 13.2 Å². The van der Waals surface area contributed by atoms with Gasteiger partial charge in [-0.05, 0) is 30.7 Å². The fourth-order valence-electron chi connectivity index (χ4n) is 1.33. The number of rotatable bonds is 6. The number of amides is 1. The molecule has 1 atom stereocenters. The molecule has 0 heterocycles. The number of hydrogen-bond acceptors (Lipinski definition) is 3. The Bertz CT molecular complexity index is 431. The molecule has 0 aromatic heterocycles. The second kappa shape index (κ2) is 7.14. The molecular formula is C13H16F3NO3. The van der Waals surface area contributed by atoms with Crippen LogP contribution in [0.2, 0.25) is 0 Å². The van der Waals surface area contributed by atoms with Crippen LogP contribution < -0.4 is 10.1 Å². The third-order valence-electron chi connectivity index (χ3n) is 2.42. The zero-order chi connectivity index (χ0) is 15.2. The Morgan fingerprint density at radius 2 is 1.95 bits per heavy atom. The van der Waals surface area contributed by atoms with Crippen LogP contribution in [0.1, 0.15) is 23.7 Å². The van der Waals surface area contributed by atoms with Gasteiger partial charge in [0.1, 0.15) is 5.75 Å². The molecule has 0 spiro atoms. The van der Waals surface area contributed by atoms with Crippen LogP contribution in [0.4, 0.5) is 13.2 Å². The van der Waals surface area contributed by atoms with Gasteiger partial charge in [0.2, 0.25) is 0 Å². The second-order valence-corrected chi connectivity index (χ2v) is 4.14. The molecule has 0 fully saturated rings. The molecule has 1 aromatic rings. The van der Waals surface area contributed by atoms with E-state index in [2.05, 4.69) is 0 Å². The Morgan fingerprint density at radius 3 is 2.45 bits per heavy atom. The molecule has 0 aliphatic heterocycles. The first-order chi connectivity index (χ1) is 9.34. The van der Waals surface area contributed by atoms with Crippen LogP contribution in [0.25, 0.3) is 0 Å². The van der Waals surface area contributed by atoms with E-state index in [1.807, 2.05) is 12.2 Å². The number of nitrogens with one attached hydrogen (secondary N) is 1. The molecule has 1 amide bonds. The second-order valence-electron chi connectivity index (χ2n) is 4.14. The minimum absolute atomic E-state index is 0.197. The summed E-state index contributed by atoms with van der Waals surface area (Å²) < 4.78 is 41.5. The summed E-state index contributed by atoms with van der Waals surface area (Å²) in [7, 11) is 0. The van der Waals surface area contributed by atoms with Crippen LogP contribution in [0.15, 0.2) is 24.3 Å². The Labute approximate surface area is 114 Å². The lowest BCUT2D eigenvalue weighted by atomic mass is 10.2. The molecule has 2 N–H and O–H groups in total. The molecular weight excluding hydrogens is 275 g/mol. The van der Waals surface area contributed by atoms with Gasteiger partial charge in [0.15, 0.2) is 6.10 Å². The van der Waals surface area contributed by atoms with Crippen LogP contribution in [-0.4, -0.2) is 36.4 Å². The lowest BCUT2D eigenvalue weighted by molar-refractivity contribution is -0.201. The highest BCUT2D eigenvalue weighted by Crippen LogP contribution is 2.19. The number of ether oxygens (including phenoxy) is 1. The minimum Gasteiger partial charge on any atom is -0.494 e. The van der Waals surface area contributed by atoms with Gasteiger partial charge in [0.25, 0.3) is 5.91 Å². The van der Waals surface area contributed by atoms with Gasteiger partial charge in [-0.15, -0.1) is 0 Å². The minimum atomic E-state index is -4.74. The zero-order valence-electron chi connectivity index (χ0n) is 10.9. The monoisotopic (exact) mass is 291 g/mol. The molecule has 7 heteroatoms. The molecule has 0 radical (unpaired) electrons. The average molecular weight is 291 g/mol. The van der Waals surface area contributed by atoms with E-state index in [9.17, 15) is 18.0 Å². The van der Waals surface area contributed by atoms with E-state index < -0.39 is 24.7 Å². The van der Waals surface area contributed by atoms with Gasteiger partial charge in [0.05, 0.1) is 13.2 Å².